The minimum Gasteiger partial charge on any atom is -0.355 e. The van der Waals surface area contributed by atoms with Gasteiger partial charge in [-0.05, 0) is 46.1 Å². The van der Waals surface area contributed by atoms with Gasteiger partial charge in [-0.2, -0.15) is 0 Å². The van der Waals surface area contributed by atoms with Gasteiger partial charge in [0.2, 0.25) is 0 Å². The van der Waals surface area contributed by atoms with E-state index in [1.54, 1.807) is 0 Å². The number of rotatable bonds is 4. The summed E-state index contributed by atoms with van der Waals surface area (Å²) in [4.78, 5) is 9.27. The molecule has 1 aliphatic heterocycles. The van der Waals surface area contributed by atoms with Crippen molar-refractivity contribution in [2.24, 2.45) is 0 Å². The molecule has 0 aromatic carbocycles. The van der Waals surface area contributed by atoms with Crippen LogP contribution in [0.15, 0.2) is 18.3 Å². The van der Waals surface area contributed by atoms with Crippen molar-refractivity contribution in [3.05, 3.63) is 23.9 Å². The van der Waals surface area contributed by atoms with Crippen LogP contribution in [0.1, 0.15) is 24.9 Å². The van der Waals surface area contributed by atoms with Crippen molar-refractivity contribution < 1.29 is 0 Å². The molecule has 0 spiro atoms. The second-order valence-electron chi connectivity index (χ2n) is 5.31. The second kappa shape index (κ2) is 5.67. The Hall–Kier alpha value is -1.13. The van der Waals surface area contributed by atoms with Gasteiger partial charge in [0, 0.05) is 31.4 Å². The van der Waals surface area contributed by atoms with Crippen LogP contribution in [0.5, 0.6) is 0 Å². The van der Waals surface area contributed by atoms with Crippen LogP contribution in [0.4, 0.5) is 5.82 Å². The summed E-state index contributed by atoms with van der Waals surface area (Å²) in [7, 11) is 6.28. The highest BCUT2D eigenvalue weighted by atomic mass is 15.3. The van der Waals surface area contributed by atoms with E-state index >= 15 is 0 Å². The largest absolute Gasteiger partial charge is 0.355 e. The lowest BCUT2D eigenvalue weighted by molar-refractivity contribution is 0.315. The van der Waals surface area contributed by atoms with Crippen LogP contribution >= 0.6 is 0 Å². The first-order valence-electron chi connectivity index (χ1n) is 6.66. The van der Waals surface area contributed by atoms with Gasteiger partial charge in [-0.15, -0.1) is 0 Å². The van der Waals surface area contributed by atoms with Crippen LogP contribution in [-0.2, 0) is 0 Å². The number of anilines is 1. The molecule has 1 N–H and O–H groups in total. The van der Waals surface area contributed by atoms with Gasteiger partial charge in [0.1, 0.15) is 5.82 Å². The SMILES string of the molecule is CNC(C)c1ccc(N2CCC(N(C)C)C2)nc1. The van der Waals surface area contributed by atoms with Crippen molar-refractivity contribution in [2.75, 3.05) is 39.1 Å². The van der Waals surface area contributed by atoms with Gasteiger partial charge < -0.3 is 15.1 Å². The summed E-state index contributed by atoms with van der Waals surface area (Å²) in [6, 6.07) is 5.33. The molecule has 0 bridgehead atoms. The van der Waals surface area contributed by atoms with Crippen LogP contribution in [-0.4, -0.2) is 50.2 Å². The molecule has 4 nitrogen and oxygen atoms in total. The number of pyridine rings is 1. The minimum absolute atomic E-state index is 0.361. The van der Waals surface area contributed by atoms with Crippen molar-refractivity contribution in [2.45, 2.75) is 25.4 Å². The fraction of sp³-hybridized carbons (Fsp3) is 0.643. The zero-order chi connectivity index (χ0) is 13.1. The number of nitrogens with zero attached hydrogens (tertiary/aromatic N) is 3. The molecule has 2 unspecified atom stereocenters. The van der Waals surface area contributed by atoms with Crippen LogP contribution in [0.3, 0.4) is 0 Å². The van der Waals surface area contributed by atoms with Crippen LogP contribution < -0.4 is 10.2 Å². The van der Waals surface area contributed by atoms with E-state index in [4.69, 9.17) is 0 Å². The zero-order valence-corrected chi connectivity index (χ0v) is 11.8. The molecule has 1 fully saturated rings. The molecule has 18 heavy (non-hydrogen) atoms. The average Bonchev–Trinajstić information content (AvgIpc) is 2.88. The fourth-order valence-corrected chi connectivity index (χ4v) is 2.38. The van der Waals surface area contributed by atoms with E-state index in [0.29, 0.717) is 12.1 Å². The molecule has 1 aromatic rings. The van der Waals surface area contributed by atoms with Crippen molar-refractivity contribution in [3.63, 3.8) is 0 Å². The Morgan fingerprint density at radius 2 is 2.22 bits per heavy atom. The highest BCUT2D eigenvalue weighted by molar-refractivity contribution is 5.41. The molecule has 0 aliphatic carbocycles. The number of likely N-dealkylation sites (N-methyl/N-ethyl adjacent to an activating group) is 1. The summed E-state index contributed by atoms with van der Waals surface area (Å²) >= 11 is 0. The summed E-state index contributed by atoms with van der Waals surface area (Å²) in [5, 5.41) is 3.23. The third kappa shape index (κ3) is 2.82. The maximum absolute atomic E-state index is 4.59. The van der Waals surface area contributed by atoms with Crippen LogP contribution in [0.25, 0.3) is 0 Å². The molecule has 2 heterocycles. The normalized spacial score (nSPS) is 21.6. The molecule has 0 saturated carbocycles. The van der Waals surface area contributed by atoms with Crippen LogP contribution in [0.2, 0.25) is 0 Å². The van der Waals surface area contributed by atoms with E-state index in [1.807, 2.05) is 13.2 Å². The second-order valence-corrected chi connectivity index (χ2v) is 5.31. The molecule has 1 aliphatic rings. The highest BCUT2D eigenvalue weighted by Gasteiger charge is 2.24. The van der Waals surface area contributed by atoms with Crippen molar-refractivity contribution in [1.29, 1.82) is 0 Å². The quantitative estimate of drug-likeness (QED) is 0.875. The van der Waals surface area contributed by atoms with Crippen LogP contribution in [0, 0.1) is 0 Å². The van der Waals surface area contributed by atoms with Gasteiger partial charge in [-0.3, -0.25) is 0 Å². The monoisotopic (exact) mass is 248 g/mol. The lowest BCUT2D eigenvalue weighted by Crippen LogP contribution is -2.31. The number of aromatic nitrogens is 1. The Bertz CT molecular complexity index is 374. The molecule has 1 saturated heterocycles. The predicted octanol–water partition coefficient (Wildman–Crippen LogP) is 1.50. The third-order valence-electron chi connectivity index (χ3n) is 3.92. The number of hydrogen-bond donors (Lipinski definition) is 1. The van der Waals surface area contributed by atoms with E-state index in [0.717, 1.165) is 18.9 Å². The van der Waals surface area contributed by atoms with E-state index in [1.165, 1.54) is 12.0 Å². The van der Waals surface area contributed by atoms with Crippen molar-refractivity contribution in [3.8, 4) is 0 Å². The first kappa shape index (κ1) is 13.3. The summed E-state index contributed by atoms with van der Waals surface area (Å²) in [5.74, 6) is 1.10. The van der Waals surface area contributed by atoms with Gasteiger partial charge in [0.15, 0.2) is 0 Å². The topological polar surface area (TPSA) is 31.4 Å². The molecule has 1 aromatic heterocycles. The van der Waals surface area contributed by atoms with Crippen molar-refractivity contribution in [1.82, 2.24) is 15.2 Å². The molecule has 2 atom stereocenters. The van der Waals surface area contributed by atoms with E-state index < -0.39 is 0 Å². The molecular weight excluding hydrogens is 224 g/mol. The molecule has 4 heteroatoms. The Morgan fingerprint density at radius 3 is 2.72 bits per heavy atom. The first-order valence-corrected chi connectivity index (χ1v) is 6.66. The number of nitrogens with one attached hydrogen (secondary N) is 1. The van der Waals surface area contributed by atoms with Gasteiger partial charge in [0.05, 0.1) is 0 Å². The Balaban J connectivity index is 2.02. The lowest BCUT2D eigenvalue weighted by Gasteiger charge is -2.21. The molecule has 100 valence electrons. The predicted molar refractivity (Wildman–Crippen MR) is 76.0 cm³/mol. The average molecular weight is 248 g/mol. The summed E-state index contributed by atoms with van der Waals surface area (Å²) in [5.41, 5.74) is 1.24. The molecular formula is C14H24N4. The van der Waals surface area contributed by atoms with E-state index in [-0.39, 0.29) is 0 Å². The maximum atomic E-state index is 4.59. The highest BCUT2D eigenvalue weighted by Crippen LogP contribution is 2.21. The Kier molecular flexibility index (Phi) is 4.19. The van der Waals surface area contributed by atoms with Gasteiger partial charge in [-0.1, -0.05) is 6.07 Å². The number of hydrogen-bond acceptors (Lipinski definition) is 4. The lowest BCUT2D eigenvalue weighted by atomic mass is 10.1. The van der Waals surface area contributed by atoms with Gasteiger partial charge in [0.25, 0.3) is 0 Å². The molecule has 0 amide bonds. The fourth-order valence-electron chi connectivity index (χ4n) is 2.38. The summed E-state index contributed by atoms with van der Waals surface area (Å²) in [6.07, 6.45) is 3.21. The minimum atomic E-state index is 0.361. The van der Waals surface area contributed by atoms with Gasteiger partial charge in [-0.25, -0.2) is 4.98 Å². The van der Waals surface area contributed by atoms with E-state index in [2.05, 4.69) is 53.3 Å². The summed E-state index contributed by atoms with van der Waals surface area (Å²) in [6.45, 7) is 4.34. The summed E-state index contributed by atoms with van der Waals surface area (Å²) < 4.78 is 0. The van der Waals surface area contributed by atoms with E-state index in [9.17, 15) is 0 Å². The zero-order valence-electron chi connectivity index (χ0n) is 11.8. The third-order valence-corrected chi connectivity index (χ3v) is 3.92. The van der Waals surface area contributed by atoms with Crippen molar-refractivity contribution >= 4 is 5.82 Å². The smallest absolute Gasteiger partial charge is 0.128 e. The molecule has 2 rings (SSSR count). The Labute approximate surface area is 110 Å². The molecule has 0 radical (unpaired) electrons. The standard InChI is InChI=1S/C14H24N4/c1-11(15-2)12-5-6-14(16-9-12)18-8-7-13(10-18)17(3)4/h5-6,9,11,13,15H,7-8,10H2,1-4H3. The maximum Gasteiger partial charge on any atom is 0.128 e. The first-order chi connectivity index (χ1) is 8.61. The van der Waals surface area contributed by atoms with Gasteiger partial charge >= 0.3 is 0 Å². The Morgan fingerprint density at radius 1 is 1.44 bits per heavy atom.